The van der Waals surface area contributed by atoms with Crippen LogP contribution in [-0.4, -0.2) is 54.5 Å². The molecule has 0 aliphatic carbocycles. The molecule has 0 saturated carbocycles. The summed E-state index contributed by atoms with van der Waals surface area (Å²) in [5.41, 5.74) is 12.9. The monoisotopic (exact) mass is 489 g/mol. The van der Waals surface area contributed by atoms with Gasteiger partial charge in [-0.15, -0.1) is 11.3 Å². The second kappa shape index (κ2) is 8.96. The molecule has 1 saturated heterocycles. The number of anilines is 2. The predicted molar refractivity (Wildman–Crippen MR) is 126 cm³/mol. The third-order valence-corrected chi connectivity index (χ3v) is 8.43. The minimum atomic E-state index is -3.32. The lowest BCUT2D eigenvalue weighted by Gasteiger charge is -2.16. The fourth-order valence-electron chi connectivity index (χ4n) is 3.66. The van der Waals surface area contributed by atoms with Crippen LogP contribution in [0.1, 0.15) is 39.1 Å². The maximum atomic E-state index is 13.1. The summed E-state index contributed by atoms with van der Waals surface area (Å²) in [4.78, 5) is 25.3. The van der Waals surface area contributed by atoms with E-state index >= 15 is 0 Å². The zero-order chi connectivity index (χ0) is 23.8. The highest BCUT2D eigenvalue weighted by atomic mass is 32.2. The number of sulfonamides is 1. The largest absolute Gasteiger partial charge is 0.397 e. The summed E-state index contributed by atoms with van der Waals surface area (Å²) in [5.74, 6) is -1.32. The van der Waals surface area contributed by atoms with Crippen LogP contribution in [0.25, 0.3) is 11.3 Å². The number of amides is 1. The van der Waals surface area contributed by atoms with Gasteiger partial charge in [0.1, 0.15) is 15.6 Å². The molecule has 33 heavy (non-hydrogen) atoms. The number of hydrogen-bond donors (Lipinski definition) is 3. The minimum absolute atomic E-state index is 0.00273. The molecular weight excluding hydrogens is 466 g/mol. The lowest BCUT2D eigenvalue weighted by molar-refractivity contribution is 0.1000. The molecule has 1 aliphatic heterocycles. The molecule has 5 N–H and O–H groups in total. The van der Waals surface area contributed by atoms with Crippen LogP contribution in [0.15, 0.2) is 40.9 Å². The first kappa shape index (κ1) is 23.0. The number of carbonyl (C=O) groups is 2. The summed E-state index contributed by atoms with van der Waals surface area (Å²) >= 11 is 0.982. The number of primary amides is 1. The molecule has 0 spiro atoms. The van der Waals surface area contributed by atoms with Crippen molar-refractivity contribution in [3.8, 4) is 11.3 Å². The lowest BCUT2D eigenvalue weighted by Crippen LogP contribution is -2.32. The summed E-state index contributed by atoms with van der Waals surface area (Å²) in [6.45, 7) is 2.20. The topological polar surface area (TPSA) is 162 Å². The molecule has 1 aliphatic rings. The van der Waals surface area contributed by atoms with Crippen LogP contribution in [0.3, 0.4) is 0 Å². The molecule has 3 aromatic rings. The van der Waals surface area contributed by atoms with Gasteiger partial charge in [0, 0.05) is 30.8 Å². The standard InChI is InChI=1S/C21H23N5O5S2/c1-2-33(29,30)26-9-8-13(11-26)24-21-16(20(23)28)17(22)19(32-21)18(27)15-10-14(25-31-15)12-6-4-3-5-7-12/h3-7,10,13,24H,2,8-9,11,22H2,1H3,(H2,23,28). The first-order valence-electron chi connectivity index (χ1n) is 10.2. The maximum Gasteiger partial charge on any atom is 0.253 e. The molecule has 4 rings (SSSR count). The van der Waals surface area contributed by atoms with Gasteiger partial charge >= 0.3 is 0 Å². The van der Waals surface area contributed by atoms with Crippen molar-refractivity contribution in [1.29, 1.82) is 0 Å². The van der Waals surface area contributed by atoms with Gasteiger partial charge in [-0.2, -0.15) is 4.31 Å². The number of thiophene rings is 1. The van der Waals surface area contributed by atoms with Gasteiger partial charge in [-0.1, -0.05) is 35.5 Å². The van der Waals surface area contributed by atoms with Crippen LogP contribution in [0.4, 0.5) is 10.7 Å². The summed E-state index contributed by atoms with van der Waals surface area (Å²) in [5, 5.41) is 7.42. The SMILES string of the molecule is CCS(=O)(=O)N1CCC(Nc2sc(C(=O)c3cc(-c4ccccc4)no3)c(N)c2C(N)=O)C1. The number of carbonyl (C=O) groups excluding carboxylic acids is 2. The van der Waals surface area contributed by atoms with Gasteiger partial charge in [-0.05, 0) is 13.3 Å². The van der Waals surface area contributed by atoms with Gasteiger partial charge in [-0.25, -0.2) is 8.42 Å². The van der Waals surface area contributed by atoms with E-state index in [1.807, 2.05) is 30.3 Å². The first-order chi connectivity index (χ1) is 15.7. The number of nitrogens with zero attached hydrogens (tertiary/aromatic N) is 2. The molecule has 174 valence electrons. The number of rotatable bonds is 8. The fourth-order valence-corrected chi connectivity index (χ4v) is 5.97. The Labute approximate surface area is 194 Å². The summed E-state index contributed by atoms with van der Waals surface area (Å²) in [6.07, 6.45) is 0.543. The normalized spacial score (nSPS) is 16.7. The van der Waals surface area contributed by atoms with Crippen molar-refractivity contribution in [1.82, 2.24) is 9.46 Å². The second-order valence-corrected chi connectivity index (χ2v) is 10.9. The van der Waals surface area contributed by atoms with Gasteiger partial charge in [0.25, 0.3) is 5.91 Å². The molecule has 1 unspecified atom stereocenters. The molecule has 0 bridgehead atoms. The number of benzene rings is 1. The van der Waals surface area contributed by atoms with Crippen LogP contribution in [0.2, 0.25) is 0 Å². The van der Waals surface area contributed by atoms with Crippen LogP contribution in [0, 0.1) is 0 Å². The average Bonchev–Trinajstić information content (AvgIpc) is 3.53. The molecule has 1 atom stereocenters. The van der Waals surface area contributed by atoms with Crippen molar-refractivity contribution >= 4 is 43.7 Å². The van der Waals surface area contributed by atoms with Crippen LogP contribution in [-0.2, 0) is 10.0 Å². The van der Waals surface area contributed by atoms with E-state index in [-0.39, 0.29) is 40.2 Å². The number of nitrogen functional groups attached to an aromatic ring is 1. The van der Waals surface area contributed by atoms with Crippen molar-refractivity contribution < 1.29 is 22.5 Å². The van der Waals surface area contributed by atoms with Crippen LogP contribution >= 0.6 is 11.3 Å². The molecule has 1 fully saturated rings. The Bertz CT molecular complexity index is 1300. The zero-order valence-corrected chi connectivity index (χ0v) is 19.4. The number of ketones is 1. The average molecular weight is 490 g/mol. The molecule has 10 nitrogen and oxygen atoms in total. The summed E-state index contributed by atoms with van der Waals surface area (Å²) in [7, 11) is -3.32. The minimum Gasteiger partial charge on any atom is -0.397 e. The number of nitrogens with one attached hydrogen (secondary N) is 1. The van der Waals surface area contributed by atoms with Crippen LogP contribution < -0.4 is 16.8 Å². The second-order valence-electron chi connectivity index (χ2n) is 7.57. The Morgan fingerprint density at radius 1 is 1.30 bits per heavy atom. The summed E-state index contributed by atoms with van der Waals surface area (Å²) in [6, 6.07) is 10.5. The smallest absolute Gasteiger partial charge is 0.253 e. The molecule has 1 aromatic carbocycles. The fraction of sp³-hybridized carbons (Fsp3) is 0.286. The van der Waals surface area contributed by atoms with E-state index in [4.69, 9.17) is 16.0 Å². The third-order valence-electron chi connectivity index (χ3n) is 5.45. The highest BCUT2D eigenvalue weighted by Crippen LogP contribution is 2.38. The number of hydrogen-bond acceptors (Lipinski definition) is 9. The molecule has 2 aromatic heterocycles. The van der Waals surface area contributed by atoms with Crippen LogP contribution in [0.5, 0.6) is 0 Å². The van der Waals surface area contributed by atoms with E-state index in [9.17, 15) is 18.0 Å². The van der Waals surface area contributed by atoms with Gasteiger partial charge < -0.3 is 21.3 Å². The molecule has 3 heterocycles. The Hall–Kier alpha value is -3.22. The van der Waals surface area contributed by atoms with E-state index in [0.717, 1.165) is 16.9 Å². The maximum absolute atomic E-state index is 13.1. The molecule has 1 amide bonds. The lowest BCUT2D eigenvalue weighted by atomic mass is 10.1. The predicted octanol–water partition coefficient (Wildman–Crippen LogP) is 2.15. The third kappa shape index (κ3) is 4.49. The van der Waals surface area contributed by atoms with E-state index in [1.54, 1.807) is 6.92 Å². The van der Waals surface area contributed by atoms with Crippen molar-refractivity contribution in [3.05, 3.63) is 52.6 Å². The van der Waals surface area contributed by atoms with E-state index < -0.39 is 21.7 Å². The quantitative estimate of drug-likeness (QED) is 0.405. The van der Waals surface area contributed by atoms with Crippen molar-refractivity contribution in [2.75, 3.05) is 29.9 Å². The molecule has 0 radical (unpaired) electrons. The summed E-state index contributed by atoms with van der Waals surface area (Å²) < 4.78 is 30.9. The Kier molecular flexibility index (Phi) is 6.23. The van der Waals surface area contributed by atoms with E-state index in [2.05, 4.69) is 10.5 Å². The van der Waals surface area contributed by atoms with Crippen molar-refractivity contribution in [2.45, 2.75) is 19.4 Å². The Morgan fingerprint density at radius 3 is 2.70 bits per heavy atom. The number of aromatic nitrogens is 1. The van der Waals surface area contributed by atoms with Gasteiger partial charge in [0.2, 0.25) is 21.6 Å². The van der Waals surface area contributed by atoms with Crippen molar-refractivity contribution in [2.24, 2.45) is 5.73 Å². The van der Waals surface area contributed by atoms with Crippen molar-refractivity contribution in [3.63, 3.8) is 0 Å². The zero-order valence-electron chi connectivity index (χ0n) is 17.8. The first-order valence-corrected chi connectivity index (χ1v) is 12.7. The van der Waals surface area contributed by atoms with Gasteiger partial charge in [0.15, 0.2) is 0 Å². The Balaban J connectivity index is 1.59. The molecular formula is C21H23N5O5S2. The van der Waals surface area contributed by atoms with E-state index in [1.165, 1.54) is 10.4 Å². The van der Waals surface area contributed by atoms with Gasteiger partial charge in [0.05, 0.1) is 17.0 Å². The molecule has 12 heteroatoms. The van der Waals surface area contributed by atoms with E-state index in [0.29, 0.717) is 23.7 Å². The highest BCUT2D eigenvalue weighted by Gasteiger charge is 2.33. The number of nitrogens with two attached hydrogens (primary N) is 2. The van der Waals surface area contributed by atoms with Gasteiger partial charge in [-0.3, -0.25) is 9.59 Å². The Morgan fingerprint density at radius 2 is 2.03 bits per heavy atom. The highest BCUT2D eigenvalue weighted by molar-refractivity contribution is 7.89.